The summed E-state index contributed by atoms with van der Waals surface area (Å²) in [6.07, 6.45) is 4.45. The minimum atomic E-state index is -0.525. The number of Topliss-reactive ketones (excluding diaryl/α,β-unsaturated/α-hetero) is 1. The van der Waals surface area contributed by atoms with Crippen LogP contribution in [0.3, 0.4) is 0 Å². The van der Waals surface area contributed by atoms with Crippen LogP contribution in [0.25, 0.3) is 0 Å². The van der Waals surface area contributed by atoms with Crippen molar-refractivity contribution >= 4 is 35.9 Å². The fourth-order valence-electron chi connectivity index (χ4n) is 3.67. The van der Waals surface area contributed by atoms with E-state index in [-0.39, 0.29) is 35.4 Å². The van der Waals surface area contributed by atoms with Crippen molar-refractivity contribution in [3.05, 3.63) is 29.6 Å². The van der Waals surface area contributed by atoms with Crippen LogP contribution in [0, 0.1) is 5.82 Å². The maximum absolute atomic E-state index is 13.8. The Balaban J connectivity index is 0.00000225. The lowest BCUT2D eigenvalue weighted by Crippen LogP contribution is -2.49. The topological polar surface area (TPSA) is 49.4 Å². The zero-order valence-corrected chi connectivity index (χ0v) is 16.1. The average Bonchev–Trinajstić information content (AvgIpc) is 2.89. The number of halogens is 2. The molecule has 2 fully saturated rings. The first-order chi connectivity index (χ1) is 11.4. The summed E-state index contributed by atoms with van der Waals surface area (Å²) in [6.45, 7) is 1.34. The first-order valence-electron chi connectivity index (χ1n) is 8.39. The normalized spacial score (nSPS) is 24.5. The van der Waals surface area contributed by atoms with Gasteiger partial charge in [-0.3, -0.25) is 9.59 Å². The summed E-state index contributed by atoms with van der Waals surface area (Å²) < 4.78 is 13.8. The number of nitrogens with one attached hydrogen (secondary N) is 1. The minimum Gasteiger partial charge on any atom is -0.342 e. The number of piperidine rings is 1. The molecular formula is C18H24ClFN2O2S. The second-order valence-corrected chi connectivity index (χ2v) is 7.80. The molecule has 0 radical (unpaired) electrons. The van der Waals surface area contributed by atoms with Crippen LogP contribution in [-0.4, -0.2) is 47.5 Å². The molecule has 0 spiro atoms. The van der Waals surface area contributed by atoms with Gasteiger partial charge in [0.05, 0.1) is 11.3 Å². The summed E-state index contributed by atoms with van der Waals surface area (Å²) in [4.78, 5) is 26.2. The standard InChI is InChI=1S/C18H23FN2O2S.ClH/c1-11(22)16-6-5-15(9-17(16)19)24-10-18(23)21(2)14-7-12-3-4-13(8-14)20-12;/h5-6,9,12-14,20H,3-4,7-8,10H2,1-2H3;1H. The fourth-order valence-corrected chi connectivity index (χ4v) is 4.51. The van der Waals surface area contributed by atoms with Crippen LogP contribution in [-0.2, 0) is 4.79 Å². The molecule has 0 aliphatic carbocycles. The van der Waals surface area contributed by atoms with Gasteiger partial charge in [0.1, 0.15) is 5.82 Å². The van der Waals surface area contributed by atoms with Gasteiger partial charge in [-0.1, -0.05) is 0 Å². The molecule has 25 heavy (non-hydrogen) atoms. The van der Waals surface area contributed by atoms with E-state index in [1.807, 2.05) is 11.9 Å². The van der Waals surface area contributed by atoms with E-state index in [0.717, 1.165) is 12.8 Å². The van der Waals surface area contributed by atoms with Crippen molar-refractivity contribution in [1.82, 2.24) is 10.2 Å². The summed E-state index contributed by atoms with van der Waals surface area (Å²) >= 11 is 1.31. The highest BCUT2D eigenvalue weighted by Gasteiger charge is 2.36. The Morgan fingerprint density at radius 1 is 1.28 bits per heavy atom. The van der Waals surface area contributed by atoms with Crippen molar-refractivity contribution in [3.63, 3.8) is 0 Å². The van der Waals surface area contributed by atoms with Crippen LogP contribution in [0.5, 0.6) is 0 Å². The van der Waals surface area contributed by atoms with E-state index in [0.29, 0.717) is 23.0 Å². The fraction of sp³-hybridized carbons (Fsp3) is 0.556. The quantitative estimate of drug-likeness (QED) is 0.623. The number of carbonyl (C=O) groups is 2. The number of hydrogen-bond donors (Lipinski definition) is 1. The van der Waals surface area contributed by atoms with Gasteiger partial charge < -0.3 is 10.2 Å². The van der Waals surface area contributed by atoms with Gasteiger partial charge in [0.15, 0.2) is 5.78 Å². The molecule has 0 saturated carbocycles. The van der Waals surface area contributed by atoms with Gasteiger partial charge in [-0.2, -0.15) is 0 Å². The molecule has 2 aliphatic heterocycles. The number of carbonyl (C=O) groups excluding carboxylic acids is 2. The molecule has 2 unspecified atom stereocenters. The Morgan fingerprint density at radius 2 is 1.92 bits per heavy atom. The van der Waals surface area contributed by atoms with E-state index in [9.17, 15) is 14.0 Å². The highest BCUT2D eigenvalue weighted by atomic mass is 35.5. The van der Waals surface area contributed by atoms with Crippen LogP contribution < -0.4 is 5.32 Å². The van der Waals surface area contributed by atoms with Crippen molar-refractivity contribution in [2.75, 3.05) is 12.8 Å². The van der Waals surface area contributed by atoms with E-state index >= 15 is 0 Å². The number of ketones is 1. The molecule has 1 aromatic rings. The number of thioether (sulfide) groups is 1. The maximum atomic E-state index is 13.8. The van der Waals surface area contributed by atoms with Gasteiger partial charge in [0, 0.05) is 30.1 Å². The van der Waals surface area contributed by atoms with Crippen molar-refractivity contribution in [3.8, 4) is 0 Å². The molecule has 138 valence electrons. The molecule has 2 saturated heterocycles. The summed E-state index contributed by atoms with van der Waals surface area (Å²) in [7, 11) is 1.87. The first kappa shape index (κ1) is 20.2. The third-order valence-corrected chi connectivity index (χ3v) is 6.05. The average molecular weight is 387 g/mol. The van der Waals surface area contributed by atoms with Crippen molar-refractivity contribution in [2.24, 2.45) is 0 Å². The van der Waals surface area contributed by atoms with Gasteiger partial charge in [0.25, 0.3) is 0 Å². The molecule has 1 amide bonds. The summed E-state index contributed by atoms with van der Waals surface area (Å²) in [6, 6.07) is 5.91. The van der Waals surface area contributed by atoms with Crippen LogP contribution in [0.2, 0.25) is 0 Å². The molecule has 0 aromatic heterocycles. The Labute approximate surface area is 158 Å². The molecular weight excluding hydrogens is 363 g/mol. The molecule has 1 N–H and O–H groups in total. The predicted octanol–water partition coefficient (Wildman–Crippen LogP) is 3.28. The molecule has 2 aliphatic rings. The number of rotatable bonds is 5. The molecule has 2 heterocycles. The lowest BCUT2D eigenvalue weighted by Gasteiger charge is -2.35. The Kier molecular flexibility index (Phi) is 6.88. The predicted molar refractivity (Wildman–Crippen MR) is 100 cm³/mol. The zero-order valence-electron chi connectivity index (χ0n) is 14.5. The van der Waals surface area contributed by atoms with Gasteiger partial charge >= 0.3 is 0 Å². The van der Waals surface area contributed by atoms with Gasteiger partial charge in [0.2, 0.25) is 5.91 Å². The number of benzene rings is 1. The number of fused-ring (bicyclic) bond motifs is 2. The van der Waals surface area contributed by atoms with Crippen molar-refractivity contribution in [1.29, 1.82) is 0 Å². The Bertz CT molecular complexity index is 646. The largest absolute Gasteiger partial charge is 0.342 e. The summed E-state index contributed by atoms with van der Waals surface area (Å²) in [5, 5.41) is 3.58. The molecule has 7 heteroatoms. The SMILES string of the molecule is CC(=O)c1ccc(SCC(=O)N(C)C2CC3CCC(C2)N3)cc1F.Cl. The molecule has 1 aromatic carbocycles. The smallest absolute Gasteiger partial charge is 0.232 e. The molecule has 4 nitrogen and oxygen atoms in total. The van der Waals surface area contributed by atoms with E-state index in [1.165, 1.54) is 43.7 Å². The lowest BCUT2D eigenvalue weighted by atomic mass is 9.98. The monoisotopic (exact) mass is 386 g/mol. The Hall–Kier alpha value is -1.11. The van der Waals surface area contributed by atoms with Gasteiger partial charge in [-0.25, -0.2) is 4.39 Å². The minimum absolute atomic E-state index is 0. The van der Waals surface area contributed by atoms with E-state index in [1.54, 1.807) is 6.07 Å². The third-order valence-electron chi connectivity index (χ3n) is 5.07. The second kappa shape index (κ2) is 8.52. The van der Waals surface area contributed by atoms with Gasteiger partial charge in [-0.05, 0) is 50.8 Å². The highest BCUT2D eigenvalue weighted by molar-refractivity contribution is 8.00. The molecule has 2 bridgehead atoms. The van der Waals surface area contributed by atoms with E-state index in [2.05, 4.69) is 5.32 Å². The van der Waals surface area contributed by atoms with Crippen LogP contribution in [0.1, 0.15) is 43.0 Å². The van der Waals surface area contributed by atoms with E-state index in [4.69, 9.17) is 0 Å². The van der Waals surface area contributed by atoms with Crippen LogP contribution in [0.15, 0.2) is 23.1 Å². The van der Waals surface area contributed by atoms with Crippen LogP contribution >= 0.6 is 24.2 Å². The third kappa shape index (κ3) is 4.74. The van der Waals surface area contributed by atoms with Gasteiger partial charge in [-0.15, -0.1) is 24.2 Å². The van der Waals surface area contributed by atoms with Crippen LogP contribution in [0.4, 0.5) is 4.39 Å². The van der Waals surface area contributed by atoms with Crippen molar-refractivity contribution < 1.29 is 14.0 Å². The lowest BCUT2D eigenvalue weighted by molar-refractivity contribution is -0.129. The second-order valence-electron chi connectivity index (χ2n) is 6.75. The molecule has 3 rings (SSSR count). The number of hydrogen-bond acceptors (Lipinski definition) is 4. The Morgan fingerprint density at radius 3 is 2.48 bits per heavy atom. The zero-order chi connectivity index (χ0) is 17.3. The van der Waals surface area contributed by atoms with Crippen molar-refractivity contribution in [2.45, 2.75) is 55.6 Å². The summed E-state index contributed by atoms with van der Waals surface area (Å²) in [5.41, 5.74) is 0.0907. The number of nitrogens with zero attached hydrogens (tertiary/aromatic N) is 1. The van der Waals surface area contributed by atoms with E-state index < -0.39 is 5.82 Å². The maximum Gasteiger partial charge on any atom is 0.232 e. The molecule has 2 atom stereocenters. The number of amides is 1. The first-order valence-corrected chi connectivity index (χ1v) is 9.37. The highest BCUT2D eigenvalue weighted by Crippen LogP contribution is 2.30. The summed E-state index contributed by atoms with van der Waals surface area (Å²) in [5.74, 6) is -0.458.